The molecule has 0 bridgehead atoms. The molecule has 6 aliphatic rings. The molecule has 6 amide bonds. The first-order valence-electron chi connectivity index (χ1n) is 47.2. The van der Waals surface area contributed by atoms with Crippen LogP contribution in [-0.2, 0) is 123 Å². The number of rotatable bonds is 36. The first-order chi connectivity index (χ1) is 65.6. The average Bonchev–Trinajstić information content (AvgIpc) is 1.65. The molecule has 0 unspecified atom stereocenters. The number of benzene rings is 6. The van der Waals surface area contributed by atoms with Crippen LogP contribution in [0.3, 0.4) is 0 Å². The van der Waals surface area contributed by atoms with Gasteiger partial charge in [-0.2, -0.15) is 4.73 Å². The van der Waals surface area contributed by atoms with Gasteiger partial charge in [-0.1, -0.05) is 82.8 Å². The molecular formula is C103H123Cl4N15O15. The zero-order valence-corrected chi connectivity index (χ0v) is 82.4. The number of likely N-dealkylation sites (tertiary alicyclic amines) is 4. The third kappa shape index (κ3) is 24.5. The Labute approximate surface area is 820 Å². The molecule has 728 valence electrons. The zero-order valence-electron chi connectivity index (χ0n) is 79.4. The van der Waals surface area contributed by atoms with Crippen molar-refractivity contribution in [2.45, 2.75) is 204 Å². The number of nitrogens with zero attached hydrogens (tertiary/aromatic N) is 11. The van der Waals surface area contributed by atoms with Crippen molar-refractivity contribution in [2.75, 3.05) is 79.8 Å². The monoisotopic (exact) mass is 1950 g/mol. The molecule has 8 atom stereocenters. The molecule has 9 aromatic rings. The van der Waals surface area contributed by atoms with E-state index in [0.29, 0.717) is 84.6 Å². The standard InChI is InChI=1S/C103H123Cl4N15O15/c1-66(108-55-73-22-32-79(106)51-88(73)136-82-35-24-71(25-36-82)84-57-110-90(114(84)7)60-116-41-11-12-42-116)96(127)121-86(62-134-100(121,3)4)94(125)112-102(53-68-17-28-77(104)29-18-68)39-15-45-118(64-102)98(129)75(49-92(123)132-9)47-70-21-34-81(120(131)59-70)48-76(50-93(124)133-10)99(130)119-46-16-40-103(65-119,54-69-19-30-78(105)31-20-69)113-95(126)87-63-135-101(5,6)122(87)97(128)67(2)109-56-74-23-33-80(107)52-89(74)137-83-37-26-72(27-38-83)85-58-111-91(115(85)8)61-117-43-13-14-44-117/h17-38,51-52,57-59,66-67,75-76,86-87,108-109H,11-16,39-50,53-56,60-65H2,1-10H3,(H,112,125)(H,113,126)/t66-,67-,75+,76+,86-,87-,102+,103+/m0/s1. The van der Waals surface area contributed by atoms with Crippen molar-refractivity contribution in [3.63, 3.8) is 0 Å². The lowest BCUT2D eigenvalue weighted by Gasteiger charge is -2.45. The molecule has 34 heteroatoms. The minimum absolute atomic E-state index is 0.0227. The van der Waals surface area contributed by atoms with Gasteiger partial charge in [0.05, 0.1) is 112 Å². The molecule has 0 aliphatic carbocycles. The Kier molecular flexibility index (Phi) is 32.2. The Hall–Kier alpha value is -11.0. The maximum absolute atomic E-state index is 15.5. The fourth-order valence-electron chi connectivity index (χ4n) is 20.0. The molecule has 0 saturated carbocycles. The minimum atomic E-state index is -1.25. The third-order valence-electron chi connectivity index (χ3n) is 27.5. The second-order valence-electron chi connectivity index (χ2n) is 38.2. The predicted molar refractivity (Wildman–Crippen MR) is 520 cm³/mol. The van der Waals surface area contributed by atoms with Gasteiger partial charge < -0.3 is 73.8 Å². The van der Waals surface area contributed by atoms with E-state index < -0.39 is 112 Å². The first-order valence-corrected chi connectivity index (χ1v) is 48.7. The van der Waals surface area contributed by atoms with Crippen LogP contribution >= 0.6 is 46.4 Å². The van der Waals surface area contributed by atoms with Gasteiger partial charge >= 0.3 is 11.9 Å². The summed E-state index contributed by atoms with van der Waals surface area (Å²) in [5.74, 6) is -2.30. The predicted octanol–water partition coefficient (Wildman–Crippen LogP) is 13.7. The normalized spacial score (nSPS) is 20.3. The van der Waals surface area contributed by atoms with Crippen LogP contribution in [0.15, 0.2) is 164 Å². The summed E-state index contributed by atoms with van der Waals surface area (Å²) in [6.07, 6.45) is 10.8. The van der Waals surface area contributed by atoms with E-state index >= 15 is 28.8 Å². The number of pyridine rings is 1. The molecule has 6 aliphatic heterocycles. The molecule has 6 fully saturated rings. The van der Waals surface area contributed by atoms with Crippen molar-refractivity contribution in [1.82, 2.24) is 69.8 Å². The van der Waals surface area contributed by atoms with Crippen molar-refractivity contribution in [3.05, 3.63) is 235 Å². The summed E-state index contributed by atoms with van der Waals surface area (Å²) >= 11 is 26.1. The maximum atomic E-state index is 15.5. The van der Waals surface area contributed by atoms with E-state index in [0.717, 1.165) is 90.1 Å². The molecular weight excluding hydrogens is 1830 g/mol. The van der Waals surface area contributed by atoms with Gasteiger partial charge in [-0.25, -0.2) is 9.97 Å². The minimum Gasteiger partial charge on any atom is -0.618 e. The molecule has 30 nitrogen and oxygen atoms in total. The van der Waals surface area contributed by atoms with Gasteiger partial charge in [0.25, 0.3) is 0 Å². The number of ether oxygens (including phenoxy) is 6. The number of hydrogen-bond donors (Lipinski definition) is 4. The SMILES string of the molecule is COC(=O)C[C@@H](Cc1ccc(C[C@H](CC(=O)OC)C(=O)N2CCC[C@](Cc3ccc(Cl)cc3)(NC(=O)[C@@H]3COC(C)(C)N3C(=O)[C@H](C)NCc3ccc(Cl)cc3Oc3ccc(-c4cnc(CN5CCCC5)n4C)cc3)C2)[n+]([O-])c1)C(=O)N1CCC[C@](Cc2ccc(Cl)cc2)(NC(=O)[C@@H]2COC(C)(C)N2C(=O)[C@H](C)NCc2ccc(Cl)cc2Oc2ccc(-c3cnc(CN4CCCC4)n3C)cc2)C1. The molecule has 15 rings (SSSR count). The Morgan fingerprint density at radius 1 is 0.489 bits per heavy atom. The second kappa shape index (κ2) is 44.0. The molecule has 6 saturated heterocycles. The van der Waals surface area contributed by atoms with Gasteiger partial charge in [-0.3, -0.25) is 58.0 Å². The fraction of sp³-hybridized carbons (Fsp3) is 0.466. The van der Waals surface area contributed by atoms with E-state index in [2.05, 4.69) is 40.2 Å². The number of esters is 2. The number of methoxy groups -OCH3 is 2. The largest absolute Gasteiger partial charge is 0.618 e. The zero-order chi connectivity index (χ0) is 97.2. The average molecular weight is 1950 g/mol. The molecule has 0 radical (unpaired) electrons. The lowest BCUT2D eigenvalue weighted by molar-refractivity contribution is -0.614. The number of nitrogens with one attached hydrogen (secondary N) is 4. The lowest BCUT2D eigenvalue weighted by atomic mass is 9.81. The van der Waals surface area contributed by atoms with Crippen molar-refractivity contribution >= 4 is 93.8 Å². The fourth-order valence-corrected chi connectivity index (χ4v) is 20.6. The Bertz CT molecular complexity index is 5830. The molecule has 0 spiro atoms. The number of aromatic nitrogens is 5. The summed E-state index contributed by atoms with van der Waals surface area (Å²) in [7, 11) is 6.50. The number of piperidine rings is 2. The summed E-state index contributed by atoms with van der Waals surface area (Å²) in [6.45, 7) is 16.7. The van der Waals surface area contributed by atoms with E-state index in [1.54, 1.807) is 106 Å². The summed E-state index contributed by atoms with van der Waals surface area (Å²) in [4.78, 5) is 139. The van der Waals surface area contributed by atoms with Gasteiger partial charge in [-0.05, 0) is 253 Å². The van der Waals surface area contributed by atoms with E-state index in [1.165, 1.54) is 62.0 Å². The van der Waals surface area contributed by atoms with Crippen LogP contribution in [0.1, 0.15) is 151 Å². The van der Waals surface area contributed by atoms with Crippen LogP contribution < -0.4 is 35.5 Å². The Balaban J connectivity index is 0.599. The van der Waals surface area contributed by atoms with Crippen molar-refractivity contribution < 1.29 is 71.5 Å². The number of carbonyl (C=O) groups excluding carboxylic acids is 8. The van der Waals surface area contributed by atoms with Gasteiger partial charge in [0.2, 0.25) is 35.4 Å². The maximum Gasteiger partial charge on any atom is 0.306 e. The van der Waals surface area contributed by atoms with Gasteiger partial charge in [0, 0.05) is 114 Å². The van der Waals surface area contributed by atoms with E-state index in [1.807, 2.05) is 111 Å². The molecule has 137 heavy (non-hydrogen) atoms. The van der Waals surface area contributed by atoms with E-state index in [4.69, 9.17) is 84.8 Å². The molecule has 6 aromatic carbocycles. The first kappa shape index (κ1) is 100. The van der Waals surface area contributed by atoms with Crippen LogP contribution in [0, 0.1) is 17.0 Å². The number of amides is 6. The Morgan fingerprint density at radius 3 is 1.27 bits per heavy atom. The molecule has 3 aromatic heterocycles. The highest BCUT2D eigenvalue weighted by molar-refractivity contribution is 6.31. The van der Waals surface area contributed by atoms with Crippen LogP contribution in [0.4, 0.5) is 0 Å². The van der Waals surface area contributed by atoms with Crippen molar-refractivity contribution in [2.24, 2.45) is 25.9 Å². The smallest absolute Gasteiger partial charge is 0.306 e. The van der Waals surface area contributed by atoms with Gasteiger partial charge in [-0.15, -0.1) is 0 Å². The summed E-state index contributed by atoms with van der Waals surface area (Å²) < 4.78 is 40.8. The van der Waals surface area contributed by atoms with Crippen LogP contribution in [0.25, 0.3) is 22.5 Å². The van der Waals surface area contributed by atoms with Gasteiger partial charge in [0.1, 0.15) is 58.2 Å². The summed E-state index contributed by atoms with van der Waals surface area (Å²) in [5, 5.41) is 30.0. The van der Waals surface area contributed by atoms with Crippen molar-refractivity contribution in [3.8, 4) is 45.5 Å². The van der Waals surface area contributed by atoms with Crippen LogP contribution in [0.5, 0.6) is 23.0 Å². The van der Waals surface area contributed by atoms with Gasteiger partial charge in [0.15, 0.2) is 11.9 Å². The number of halogens is 4. The Morgan fingerprint density at radius 2 is 0.876 bits per heavy atom. The van der Waals surface area contributed by atoms with Crippen molar-refractivity contribution in [1.29, 1.82) is 0 Å². The number of carbonyl (C=O) groups is 8. The number of imidazole rings is 2. The summed E-state index contributed by atoms with van der Waals surface area (Å²) in [6, 6.07) is 39.7. The second-order valence-corrected chi connectivity index (χ2v) is 40.0. The highest BCUT2D eigenvalue weighted by Gasteiger charge is 2.53. The quantitative estimate of drug-likeness (QED) is 0.0161. The molecule has 9 heterocycles. The third-order valence-corrected chi connectivity index (χ3v) is 28.5. The van der Waals surface area contributed by atoms with Crippen LogP contribution in [-0.4, -0.2) is 222 Å². The highest BCUT2D eigenvalue weighted by atomic mass is 35.5. The summed E-state index contributed by atoms with van der Waals surface area (Å²) in [5.41, 5.74) is 2.63. The van der Waals surface area contributed by atoms with Crippen LogP contribution in [0.2, 0.25) is 20.1 Å². The molecule has 4 N–H and O–H groups in total. The topological polar surface area (TPSA) is 322 Å². The van der Waals surface area contributed by atoms with E-state index in [9.17, 15) is 14.8 Å². The van der Waals surface area contributed by atoms with E-state index in [-0.39, 0.29) is 90.3 Å². The number of hydrogen-bond acceptors (Lipinski definition) is 21. The lowest BCUT2D eigenvalue weighted by Crippen LogP contribution is -2.65. The highest BCUT2D eigenvalue weighted by Crippen LogP contribution is 2.40.